The molecule has 1 aromatic heterocycles. The molecule has 0 radical (unpaired) electrons. The number of nitrogens with one attached hydrogen (secondary N) is 1. The van der Waals surface area contributed by atoms with Gasteiger partial charge in [0.2, 0.25) is 0 Å². The van der Waals surface area contributed by atoms with Crippen molar-refractivity contribution < 1.29 is 23.5 Å². The standard InChI is InChI=1S/C29H25N3O5/c1-2-3-14-35-25-10-6-22(7-11-25)17-24(19-31)29(34)37-26-12-8-21(9-13-26)16-23(18-30)28(33)32-20-27-5-4-15-36-27/h4-13,15-17H,2-3,14,20H2,1H3,(H,32,33). The SMILES string of the molecule is CCCCOc1ccc(C=C(C#N)C(=O)Oc2ccc(C=C(C#N)C(=O)NCc3ccco3)cc2)cc1. The molecule has 0 fully saturated rings. The van der Waals surface area contributed by atoms with Crippen LogP contribution in [0, 0.1) is 22.7 Å². The van der Waals surface area contributed by atoms with E-state index in [4.69, 9.17) is 13.9 Å². The van der Waals surface area contributed by atoms with Gasteiger partial charge in [-0.2, -0.15) is 10.5 Å². The number of ether oxygens (including phenoxy) is 2. The summed E-state index contributed by atoms with van der Waals surface area (Å²) in [5.41, 5.74) is 0.962. The van der Waals surface area contributed by atoms with Crippen LogP contribution in [-0.4, -0.2) is 18.5 Å². The minimum absolute atomic E-state index is 0.0900. The highest BCUT2D eigenvalue weighted by atomic mass is 16.5. The van der Waals surface area contributed by atoms with Gasteiger partial charge in [0, 0.05) is 0 Å². The van der Waals surface area contributed by atoms with E-state index in [9.17, 15) is 20.1 Å². The van der Waals surface area contributed by atoms with E-state index in [1.54, 1.807) is 48.5 Å². The first-order valence-corrected chi connectivity index (χ1v) is 11.6. The molecule has 2 aromatic carbocycles. The topological polar surface area (TPSA) is 125 Å². The van der Waals surface area contributed by atoms with E-state index < -0.39 is 11.9 Å². The van der Waals surface area contributed by atoms with E-state index in [-0.39, 0.29) is 23.4 Å². The Morgan fingerprint density at radius 3 is 2.11 bits per heavy atom. The molecule has 0 unspecified atom stereocenters. The largest absolute Gasteiger partial charge is 0.494 e. The first-order valence-electron chi connectivity index (χ1n) is 11.6. The maximum Gasteiger partial charge on any atom is 0.354 e. The summed E-state index contributed by atoms with van der Waals surface area (Å²) in [6, 6.07) is 20.4. The number of hydrogen-bond acceptors (Lipinski definition) is 7. The number of nitrogens with zero attached hydrogens (tertiary/aromatic N) is 2. The molecule has 1 N–H and O–H groups in total. The number of unbranched alkanes of at least 4 members (excludes halogenated alkanes) is 1. The predicted octanol–water partition coefficient (Wildman–Crippen LogP) is 5.19. The van der Waals surface area contributed by atoms with Gasteiger partial charge < -0.3 is 19.2 Å². The summed E-state index contributed by atoms with van der Waals surface area (Å²) in [7, 11) is 0. The lowest BCUT2D eigenvalue weighted by Crippen LogP contribution is -2.23. The summed E-state index contributed by atoms with van der Waals surface area (Å²) in [6.45, 7) is 2.88. The molecule has 8 nitrogen and oxygen atoms in total. The molecular weight excluding hydrogens is 470 g/mol. The van der Waals surface area contributed by atoms with Crippen molar-refractivity contribution in [3.8, 4) is 23.6 Å². The Hall–Kier alpha value is -5.08. The van der Waals surface area contributed by atoms with Crippen LogP contribution in [-0.2, 0) is 16.1 Å². The summed E-state index contributed by atoms with van der Waals surface area (Å²) in [5.74, 6) is 0.151. The van der Waals surface area contributed by atoms with Gasteiger partial charge in [-0.05, 0) is 66.1 Å². The lowest BCUT2D eigenvalue weighted by Gasteiger charge is -2.06. The third-order valence-corrected chi connectivity index (χ3v) is 5.07. The van der Waals surface area contributed by atoms with Crippen molar-refractivity contribution in [2.45, 2.75) is 26.3 Å². The number of amides is 1. The third-order valence-electron chi connectivity index (χ3n) is 5.07. The van der Waals surface area contributed by atoms with Crippen LogP contribution in [0.25, 0.3) is 12.2 Å². The van der Waals surface area contributed by atoms with Crippen LogP contribution in [0.3, 0.4) is 0 Å². The summed E-state index contributed by atoms with van der Waals surface area (Å²) < 4.78 is 16.1. The monoisotopic (exact) mass is 495 g/mol. The molecule has 0 saturated heterocycles. The van der Waals surface area contributed by atoms with Crippen LogP contribution in [0.1, 0.15) is 36.7 Å². The molecule has 0 aliphatic rings. The van der Waals surface area contributed by atoms with Gasteiger partial charge in [-0.15, -0.1) is 0 Å². The van der Waals surface area contributed by atoms with Gasteiger partial charge in [0.05, 0.1) is 19.4 Å². The Morgan fingerprint density at radius 2 is 1.54 bits per heavy atom. The number of rotatable bonds is 11. The van der Waals surface area contributed by atoms with Crippen molar-refractivity contribution in [3.05, 3.63) is 95.0 Å². The normalized spacial score (nSPS) is 11.2. The van der Waals surface area contributed by atoms with E-state index in [0.717, 1.165) is 18.6 Å². The first kappa shape index (κ1) is 26.5. The third kappa shape index (κ3) is 8.27. The molecule has 1 heterocycles. The van der Waals surface area contributed by atoms with Crippen LogP contribution in [0.4, 0.5) is 0 Å². The molecule has 37 heavy (non-hydrogen) atoms. The summed E-state index contributed by atoms with van der Waals surface area (Å²) in [5, 5.41) is 21.4. The molecule has 0 saturated carbocycles. The van der Waals surface area contributed by atoms with Gasteiger partial charge >= 0.3 is 5.97 Å². The molecule has 0 aliphatic heterocycles. The van der Waals surface area contributed by atoms with Crippen LogP contribution in [0.5, 0.6) is 11.5 Å². The number of benzene rings is 2. The zero-order valence-corrected chi connectivity index (χ0v) is 20.3. The van der Waals surface area contributed by atoms with Crippen molar-refractivity contribution in [1.29, 1.82) is 10.5 Å². The van der Waals surface area contributed by atoms with E-state index in [1.807, 2.05) is 12.1 Å². The number of carbonyl (C=O) groups excluding carboxylic acids is 2. The molecule has 186 valence electrons. The van der Waals surface area contributed by atoms with Crippen molar-refractivity contribution in [2.75, 3.05) is 6.61 Å². The van der Waals surface area contributed by atoms with E-state index >= 15 is 0 Å². The van der Waals surface area contributed by atoms with Crippen LogP contribution < -0.4 is 14.8 Å². The first-order chi connectivity index (χ1) is 18.0. The Balaban J connectivity index is 1.60. The molecule has 0 aliphatic carbocycles. The fraction of sp³-hybridized carbons (Fsp3) is 0.172. The number of hydrogen-bond donors (Lipinski definition) is 1. The fourth-order valence-corrected chi connectivity index (χ4v) is 3.08. The van der Waals surface area contributed by atoms with Gasteiger partial charge in [-0.3, -0.25) is 4.79 Å². The van der Waals surface area contributed by atoms with Gasteiger partial charge in [-0.25, -0.2) is 4.79 Å². The summed E-state index contributed by atoms with van der Waals surface area (Å²) in [6.07, 6.45) is 6.35. The van der Waals surface area contributed by atoms with E-state index in [0.29, 0.717) is 23.5 Å². The van der Waals surface area contributed by atoms with Gasteiger partial charge in [-0.1, -0.05) is 37.6 Å². The summed E-state index contributed by atoms with van der Waals surface area (Å²) >= 11 is 0. The summed E-state index contributed by atoms with van der Waals surface area (Å²) in [4.78, 5) is 24.8. The van der Waals surface area contributed by atoms with Crippen molar-refractivity contribution in [2.24, 2.45) is 0 Å². The van der Waals surface area contributed by atoms with E-state index in [2.05, 4.69) is 12.2 Å². The Kier molecular flexibility index (Phi) is 9.83. The smallest absolute Gasteiger partial charge is 0.354 e. The van der Waals surface area contributed by atoms with Crippen LogP contribution >= 0.6 is 0 Å². The Bertz CT molecular complexity index is 1340. The Labute approximate surface area is 215 Å². The van der Waals surface area contributed by atoms with Gasteiger partial charge in [0.1, 0.15) is 40.5 Å². The average molecular weight is 496 g/mol. The maximum atomic E-state index is 12.5. The van der Waals surface area contributed by atoms with Crippen LogP contribution in [0.15, 0.2) is 82.5 Å². The van der Waals surface area contributed by atoms with E-state index in [1.165, 1.54) is 30.5 Å². The quantitative estimate of drug-likeness (QED) is 0.127. The minimum Gasteiger partial charge on any atom is -0.494 e. The fourth-order valence-electron chi connectivity index (χ4n) is 3.08. The second-order valence-electron chi connectivity index (χ2n) is 7.83. The highest BCUT2D eigenvalue weighted by Crippen LogP contribution is 2.18. The second-order valence-corrected chi connectivity index (χ2v) is 7.83. The lowest BCUT2D eigenvalue weighted by molar-refractivity contribution is -0.129. The average Bonchev–Trinajstić information content (AvgIpc) is 3.44. The molecule has 8 heteroatoms. The molecule has 0 atom stereocenters. The molecule has 1 amide bonds. The number of nitriles is 2. The molecule has 0 bridgehead atoms. The minimum atomic E-state index is -0.802. The zero-order chi connectivity index (χ0) is 26.5. The Morgan fingerprint density at radius 1 is 0.919 bits per heavy atom. The second kappa shape index (κ2) is 13.7. The van der Waals surface area contributed by atoms with Crippen molar-refractivity contribution >= 4 is 24.0 Å². The number of furan rings is 1. The highest BCUT2D eigenvalue weighted by Gasteiger charge is 2.13. The van der Waals surface area contributed by atoms with Crippen LogP contribution in [0.2, 0.25) is 0 Å². The zero-order valence-electron chi connectivity index (χ0n) is 20.3. The molecule has 0 spiro atoms. The molecule has 3 rings (SSSR count). The highest BCUT2D eigenvalue weighted by molar-refractivity contribution is 6.01. The molecular formula is C29H25N3O5. The number of esters is 1. The van der Waals surface area contributed by atoms with Crippen molar-refractivity contribution in [3.63, 3.8) is 0 Å². The molecule has 3 aromatic rings. The van der Waals surface area contributed by atoms with Crippen molar-refractivity contribution in [1.82, 2.24) is 5.32 Å². The van der Waals surface area contributed by atoms with Gasteiger partial charge in [0.25, 0.3) is 5.91 Å². The van der Waals surface area contributed by atoms with Gasteiger partial charge in [0.15, 0.2) is 0 Å². The lowest BCUT2D eigenvalue weighted by atomic mass is 10.1. The maximum absolute atomic E-state index is 12.5. The number of carbonyl (C=O) groups is 2. The predicted molar refractivity (Wildman–Crippen MR) is 137 cm³/mol.